The van der Waals surface area contributed by atoms with Crippen LogP contribution in [0.25, 0.3) is 0 Å². The van der Waals surface area contributed by atoms with Gasteiger partial charge in [-0.1, -0.05) is 11.6 Å². The van der Waals surface area contributed by atoms with E-state index in [0.717, 1.165) is 0 Å². The number of carbonyl (C=O) groups excluding carboxylic acids is 1. The SMILES string of the molecule is Cc1cc(Cl)cc(NC(=O)C(F)(F)F)c1I. The maximum Gasteiger partial charge on any atom is 0.471 e. The van der Waals surface area contributed by atoms with Gasteiger partial charge >= 0.3 is 12.1 Å². The van der Waals surface area contributed by atoms with Crippen LogP contribution in [-0.2, 0) is 4.79 Å². The van der Waals surface area contributed by atoms with Gasteiger partial charge in [0.1, 0.15) is 0 Å². The Morgan fingerprint density at radius 2 is 2.00 bits per heavy atom. The molecule has 0 aromatic heterocycles. The largest absolute Gasteiger partial charge is 0.471 e. The van der Waals surface area contributed by atoms with E-state index in [2.05, 4.69) is 0 Å². The number of rotatable bonds is 1. The Labute approximate surface area is 108 Å². The Hall–Kier alpha value is -0.500. The first-order valence-corrected chi connectivity index (χ1v) is 5.51. The first kappa shape index (κ1) is 13.6. The zero-order valence-corrected chi connectivity index (χ0v) is 10.9. The van der Waals surface area contributed by atoms with Gasteiger partial charge in [0.05, 0.1) is 5.69 Å². The molecule has 88 valence electrons. The van der Waals surface area contributed by atoms with E-state index in [1.165, 1.54) is 6.07 Å². The summed E-state index contributed by atoms with van der Waals surface area (Å²) in [6.07, 6.45) is -4.90. The maximum absolute atomic E-state index is 12.0. The fraction of sp³-hybridized carbons (Fsp3) is 0.222. The van der Waals surface area contributed by atoms with Crippen molar-refractivity contribution in [3.05, 3.63) is 26.3 Å². The smallest absolute Gasteiger partial charge is 0.317 e. The summed E-state index contributed by atoms with van der Waals surface area (Å²) >= 11 is 7.53. The summed E-state index contributed by atoms with van der Waals surface area (Å²) in [5, 5.41) is 2.05. The van der Waals surface area contributed by atoms with Crippen molar-refractivity contribution in [1.82, 2.24) is 0 Å². The fourth-order valence-electron chi connectivity index (χ4n) is 1.01. The zero-order valence-electron chi connectivity index (χ0n) is 7.95. The van der Waals surface area contributed by atoms with Gasteiger partial charge in [0.15, 0.2) is 0 Å². The quantitative estimate of drug-likeness (QED) is 0.757. The molecule has 0 unspecified atom stereocenters. The van der Waals surface area contributed by atoms with Gasteiger partial charge in [-0.15, -0.1) is 0 Å². The number of nitrogens with one attached hydrogen (secondary N) is 1. The van der Waals surface area contributed by atoms with Crippen LogP contribution < -0.4 is 5.32 Å². The molecule has 16 heavy (non-hydrogen) atoms. The number of hydrogen-bond acceptors (Lipinski definition) is 1. The zero-order chi connectivity index (χ0) is 12.5. The van der Waals surface area contributed by atoms with Gasteiger partial charge in [-0.05, 0) is 47.2 Å². The van der Waals surface area contributed by atoms with E-state index in [1.807, 2.05) is 22.6 Å². The molecule has 0 bridgehead atoms. The molecule has 1 aromatic carbocycles. The van der Waals surface area contributed by atoms with Gasteiger partial charge in [0, 0.05) is 8.59 Å². The number of carbonyl (C=O) groups is 1. The Kier molecular flexibility index (Phi) is 4.06. The standard InChI is InChI=1S/C9H6ClF3INO/c1-4-2-5(10)3-6(7(4)14)15-8(16)9(11,12)13/h2-3H,1H3,(H,15,16). The first-order chi connectivity index (χ1) is 7.21. The van der Waals surface area contributed by atoms with Crippen LogP contribution in [0.5, 0.6) is 0 Å². The number of hydrogen-bond donors (Lipinski definition) is 1. The summed E-state index contributed by atoms with van der Waals surface area (Å²) in [6, 6.07) is 2.88. The van der Waals surface area contributed by atoms with Crippen molar-refractivity contribution in [2.75, 3.05) is 5.32 Å². The minimum atomic E-state index is -4.90. The van der Waals surface area contributed by atoms with Gasteiger partial charge in [-0.25, -0.2) is 0 Å². The minimum Gasteiger partial charge on any atom is -0.317 e. The second kappa shape index (κ2) is 4.79. The van der Waals surface area contributed by atoms with Crippen molar-refractivity contribution in [3.63, 3.8) is 0 Å². The van der Waals surface area contributed by atoms with E-state index in [0.29, 0.717) is 9.13 Å². The molecule has 0 heterocycles. The van der Waals surface area contributed by atoms with Crippen LogP contribution in [0.1, 0.15) is 5.56 Å². The Bertz CT molecular complexity index is 433. The lowest BCUT2D eigenvalue weighted by Crippen LogP contribution is -2.30. The third kappa shape index (κ3) is 3.24. The van der Waals surface area contributed by atoms with Crippen molar-refractivity contribution in [3.8, 4) is 0 Å². The van der Waals surface area contributed by atoms with E-state index in [9.17, 15) is 18.0 Å². The van der Waals surface area contributed by atoms with E-state index in [1.54, 1.807) is 18.3 Å². The van der Waals surface area contributed by atoms with Crippen LogP contribution in [0.4, 0.5) is 18.9 Å². The molecule has 1 rings (SSSR count). The van der Waals surface area contributed by atoms with Crippen LogP contribution in [0.15, 0.2) is 12.1 Å². The predicted molar refractivity (Wildman–Crippen MR) is 63.6 cm³/mol. The second-order valence-corrected chi connectivity index (χ2v) is 4.55. The van der Waals surface area contributed by atoms with Crippen molar-refractivity contribution < 1.29 is 18.0 Å². The molecule has 0 saturated carbocycles. The van der Waals surface area contributed by atoms with Crippen molar-refractivity contribution in [1.29, 1.82) is 0 Å². The lowest BCUT2D eigenvalue weighted by atomic mass is 10.2. The van der Waals surface area contributed by atoms with Gasteiger partial charge in [-0.2, -0.15) is 13.2 Å². The Balaban J connectivity index is 3.03. The average molecular weight is 364 g/mol. The molecular weight excluding hydrogens is 357 g/mol. The molecule has 0 spiro atoms. The normalized spacial score (nSPS) is 11.4. The third-order valence-corrected chi connectivity index (χ3v) is 3.38. The molecule has 1 amide bonds. The summed E-state index contributed by atoms with van der Waals surface area (Å²) in [7, 11) is 0. The molecule has 0 atom stereocenters. The van der Waals surface area contributed by atoms with Crippen LogP contribution in [0.3, 0.4) is 0 Å². The summed E-state index contributed by atoms with van der Waals surface area (Å²) < 4.78 is 36.6. The number of halogens is 5. The second-order valence-electron chi connectivity index (χ2n) is 3.04. The Morgan fingerprint density at radius 1 is 1.44 bits per heavy atom. The summed E-state index contributed by atoms with van der Waals surface area (Å²) in [5.41, 5.74) is 0.762. The van der Waals surface area contributed by atoms with E-state index < -0.39 is 12.1 Å². The molecule has 0 aliphatic rings. The highest BCUT2D eigenvalue weighted by Gasteiger charge is 2.39. The van der Waals surface area contributed by atoms with Gasteiger partial charge < -0.3 is 5.32 Å². The van der Waals surface area contributed by atoms with Crippen molar-refractivity contribution in [2.45, 2.75) is 13.1 Å². The number of alkyl halides is 3. The van der Waals surface area contributed by atoms with E-state index in [-0.39, 0.29) is 10.7 Å². The fourth-order valence-corrected chi connectivity index (χ4v) is 1.73. The van der Waals surface area contributed by atoms with Crippen LogP contribution >= 0.6 is 34.2 Å². The van der Waals surface area contributed by atoms with E-state index in [4.69, 9.17) is 11.6 Å². The molecule has 7 heteroatoms. The molecule has 0 fully saturated rings. The van der Waals surface area contributed by atoms with Crippen LogP contribution in [0.2, 0.25) is 5.02 Å². The monoisotopic (exact) mass is 363 g/mol. The topological polar surface area (TPSA) is 29.1 Å². The predicted octanol–water partition coefficient (Wildman–Crippen LogP) is 3.75. The van der Waals surface area contributed by atoms with Crippen LogP contribution in [-0.4, -0.2) is 12.1 Å². The highest BCUT2D eigenvalue weighted by Crippen LogP contribution is 2.28. The van der Waals surface area contributed by atoms with Gasteiger partial charge in [-0.3, -0.25) is 4.79 Å². The van der Waals surface area contributed by atoms with Gasteiger partial charge in [0.2, 0.25) is 0 Å². The van der Waals surface area contributed by atoms with Crippen LogP contribution in [0, 0.1) is 10.5 Å². The third-order valence-electron chi connectivity index (χ3n) is 1.72. The molecule has 0 aliphatic carbocycles. The molecule has 0 radical (unpaired) electrons. The number of aryl methyl sites for hydroxylation is 1. The molecule has 2 nitrogen and oxygen atoms in total. The Morgan fingerprint density at radius 3 is 2.50 bits per heavy atom. The molecule has 1 N–H and O–H groups in total. The molecule has 0 saturated heterocycles. The summed E-state index contributed by atoms with van der Waals surface area (Å²) in [6.45, 7) is 1.69. The maximum atomic E-state index is 12.0. The minimum absolute atomic E-state index is 0.0629. The highest BCUT2D eigenvalue weighted by atomic mass is 127. The number of anilines is 1. The lowest BCUT2D eigenvalue weighted by molar-refractivity contribution is -0.167. The number of amides is 1. The highest BCUT2D eigenvalue weighted by molar-refractivity contribution is 14.1. The molecule has 0 aliphatic heterocycles. The first-order valence-electron chi connectivity index (χ1n) is 4.05. The average Bonchev–Trinajstić information content (AvgIpc) is 2.11. The number of benzene rings is 1. The lowest BCUT2D eigenvalue weighted by Gasteiger charge is -2.11. The van der Waals surface area contributed by atoms with Crippen molar-refractivity contribution in [2.24, 2.45) is 0 Å². The molecule has 1 aromatic rings. The molecular formula is C9H6ClF3INO. The summed E-state index contributed by atoms with van der Waals surface area (Å²) in [4.78, 5) is 10.7. The summed E-state index contributed by atoms with van der Waals surface area (Å²) in [5.74, 6) is -2.01. The van der Waals surface area contributed by atoms with Crippen molar-refractivity contribution >= 4 is 45.8 Å². The van der Waals surface area contributed by atoms with E-state index >= 15 is 0 Å². The van der Waals surface area contributed by atoms with Gasteiger partial charge in [0.25, 0.3) is 0 Å².